The van der Waals surface area contributed by atoms with E-state index in [2.05, 4.69) is 27.0 Å². The molecular weight excluding hydrogens is 268 g/mol. The second-order valence-corrected chi connectivity index (χ2v) is 5.49. The highest BCUT2D eigenvalue weighted by Gasteiger charge is 2.32. The topological polar surface area (TPSA) is 32.3 Å². The number of hydrogen-bond acceptors (Lipinski definition) is 3. The molecule has 1 N–H and O–H groups in total. The smallest absolute Gasteiger partial charge is 0.227 e. The first-order valence-corrected chi connectivity index (χ1v) is 7.15. The summed E-state index contributed by atoms with van der Waals surface area (Å²) < 4.78 is 0. The van der Waals surface area contributed by atoms with E-state index in [0.717, 1.165) is 25.9 Å². The molecule has 1 amide bonds. The number of carbonyl (C=O) groups is 1. The molecule has 1 fully saturated rings. The van der Waals surface area contributed by atoms with Crippen LogP contribution in [-0.4, -0.2) is 30.9 Å². The van der Waals surface area contributed by atoms with Crippen LogP contribution in [0.15, 0.2) is 16.8 Å². The molecule has 0 aliphatic carbocycles. The van der Waals surface area contributed by atoms with Crippen LogP contribution in [0.25, 0.3) is 0 Å². The van der Waals surface area contributed by atoms with Gasteiger partial charge in [-0.3, -0.25) is 4.79 Å². The molecule has 2 unspecified atom stereocenters. The molecule has 1 saturated heterocycles. The lowest BCUT2D eigenvalue weighted by molar-refractivity contribution is -0.135. The summed E-state index contributed by atoms with van der Waals surface area (Å²) in [6.07, 6.45) is 2.23. The summed E-state index contributed by atoms with van der Waals surface area (Å²) in [7, 11) is 1.89. The first kappa shape index (κ1) is 15.5. The summed E-state index contributed by atoms with van der Waals surface area (Å²) in [6, 6.07) is 2.46. The molecule has 18 heavy (non-hydrogen) atoms. The van der Waals surface area contributed by atoms with Gasteiger partial charge in [0.2, 0.25) is 5.91 Å². The van der Waals surface area contributed by atoms with Gasteiger partial charge in [0.25, 0.3) is 0 Å². The van der Waals surface area contributed by atoms with Crippen molar-refractivity contribution in [1.82, 2.24) is 10.2 Å². The normalized spacial score (nSPS) is 20.6. The van der Waals surface area contributed by atoms with Gasteiger partial charge in [-0.1, -0.05) is 6.92 Å². The van der Waals surface area contributed by atoms with Gasteiger partial charge in [-0.05, 0) is 42.3 Å². The summed E-state index contributed by atoms with van der Waals surface area (Å²) in [4.78, 5) is 14.4. The van der Waals surface area contributed by atoms with Crippen molar-refractivity contribution in [2.75, 3.05) is 20.1 Å². The summed E-state index contributed by atoms with van der Waals surface area (Å²) >= 11 is 1.71. The Bertz CT molecular complexity index is 369. The summed E-state index contributed by atoms with van der Waals surface area (Å²) in [6.45, 7) is 3.67. The van der Waals surface area contributed by atoms with Crippen LogP contribution in [0, 0.1) is 5.92 Å². The number of nitrogens with one attached hydrogen (secondary N) is 1. The highest BCUT2D eigenvalue weighted by atomic mass is 35.5. The van der Waals surface area contributed by atoms with Gasteiger partial charge >= 0.3 is 0 Å². The summed E-state index contributed by atoms with van der Waals surface area (Å²) in [5.41, 5.74) is 1.30. The van der Waals surface area contributed by atoms with E-state index in [1.807, 2.05) is 14.0 Å². The summed E-state index contributed by atoms with van der Waals surface area (Å²) in [5.74, 6) is 0.354. The van der Waals surface area contributed by atoms with Gasteiger partial charge in [0.05, 0.1) is 6.04 Å². The largest absolute Gasteiger partial charge is 0.335 e. The maximum Gasteiger partial charge on any atom is 0.227 e. The van der Waals surface area contributed by atoms with E-state index < -0.39 is 0 Å². The van der Waals surface area contributed by atoms with E-state index in [9.17, 15) is 4.79 Å². The molecule has 0 radical (unpaired) electrons. The second-order valence-electron chi connectivity index (χ2n) is 4.71. The van der Waals surface area contributed by atoms with E-state index in [1.54, 1.807) is 11.3 Å². The Balaban J connectivity index is 0.00000162. The molecular formula is C13H21ClN2OS. The fourth-order valence-electron chi connectivity index (χ4n) is 2.52. The van der Waals surface area contributed by atoms with Gasteiger partial charge in [-0.2, -0.15) is 11.3 Å². The zero-order valence-corrected chi connectivity index (χ0v) is 12.5. The Kier molecular flexibility index (Phi) is 6.12. The third kappa shape index (κ3) is 3.25. The van der Waals surface area contributed by atoms with Crippen molar-refractivity contribution >= 4 is 29.7 Å². The fourth-order valence-corrected chi connectivity index (χ4v) is 3.23. The average molecular weight is 289 g/mol. The lowest BCUT2D eigenvalue weighted by Gasteiger charge is -2.27. The third-order valence-electron chi connectivity index (χ3n) is 3.40. The molecule has 2 heterocycles. The quantitative estimate of drug-likeness (QED) is 0.924. The van der Waals surface area contributed by atoms with Crippen LogP contribution in [0.5, 0.6) is 0 Å². The number of amides is 1. The maximum atomic E-state index is 12.3. The second kappa shape index (κ2) is 7.12. The number of hydrogen-bond donors (Lipinski definition) is 1. The van der Waals surface area contributed by atoms with Crippen molar-refractivity contribution in [3.05, 3.63) is 22.4 Å². The molecule has 1 aliphatic rings. The Morgan fingerprint density at radius 2 is 2.44 bits per heavy atom. The number of nitrogens with zero attached hydrogens (tertiary/aromatic N) is 1. The zero-order chi connectivity index (χ0) is 12.3. The predicted molar refractivity (Wildman–Crippen MR) is 78.3 cm³/mol. The fraction of sp³-hybridized carbons (Fsp3) is 0.615. The summed E-state index contributed by atoms with van der Waals surface area (Å²) in [5, 5.41) is 7.33. The number of carbonyl (C=O) groups excluding carboxylic acids is 1. The van der Waals surface area contributed by atoms with Gasteiger partial charge in [0.15, 0.2) is 0 Å². The number of likely N-dealkylation sites (tertiary alicyclic amines) is 1. The monoisotopic (exact) mass is 288 g/mol. The van der Waals surface area contributed by atoms with Crippen molar-refractivity contribution in [2.45, 2.75) is 25.8 Å². The van der Waals surface area contributed by atoms with Crippen molar-refractivity contribution in [1.29, 1.82) is 0 Å². The minimum atomic E-state index is 0. The van der Waals surface area contributed by atoms with Crippen LogP contribution in [0.4, 0.5) is 0 Å². The molecule has 0 saturated carbocycles. The third-order valence-corrected chi connectivity index (χ3v) is 4.10. The van der Waals surface area contributed by atoms with Crippen molar-refractivity contribution in [3.63, 3.8) is 0 Å². The number of rotatable bonds is 4. The van der Waals surface area contributed by atoms with E-state index in [4.69, 9.17) is 0 Å². The molecule has 2 atom stereocenters. The standard InChI is InChI=1S/C13H20N2OS.ClH/c1-10(8-14-2)13(16)15-6-3-4-12(15)11-5-7-17-9-11;/h5,7,9-10,12,14H,3-4,6,8H2,1-2H3;1H. The maximum absolute atomic E-state index is 12.3. The molecule has 0 aromatic carbocycles. The molecule has 1 aromatic rings. The molecule has 1 aliphatic heterocycles. The predicted octanol–water partition coefficient (Wildman–Crippen LogP) is 2.69. The van der Waals surface area contributed by atoms with E-state index in [0.29, 0.717) is 6.04 Å². The molecule has 102 valence electrons. The van der Waals surface area contributed by atoms with Gasteiger partial charge in [-0.25, -0.2) is 0 Å². The first-order chi connectivity index (χ1) is 8.24. The first-order valence-electron chi connectivity index (χ1n) is 6.21. The number of thiophene rings is 1. The van der Waals surface area contributed by atoms with Crippen molar-refractivity contribution < 1.29 is 4.79 Å². The molecule has 0 bridgehead atoms. The Labute approximate surface area is 119 Å². The SMILES string of the molecule is CNCC(C)C(=O)N1CCCC1c1ccsc1.Cl. The average Bonchev–Trinajstić information content (AvgIpc) is 2.98. The van der Waals surface area contributed by atoms with E-state index in [-0.39, 0.29) is 24.2 Å². The van der Waals surface area contributed by atoms with Crippen LogP contribution in [-0.2, 0) is 4.79 Å². The van der Waals surface area contributed by atoms with Crippen LogP contribution < -0.4 is 5.32 Å². The molecule has 3 nitrogen and oxygen atoms in total. The van der Waals surface area contributed by atoms with Crippen LogP contribution in [0.2, 0.25) is 0 Å². The van der Waals surface area contributed by atoms with Crippen molar-refractivity contribution in [3.8, 4) is 0 Å². The highest BCUT2D eigenvalue weighted by molar-refractivity contribution is 7.07. The highest BCUT2D eigenvalue weighted by Crippen LogP contribution is 2.33. The van der Waals surface area contributed by atoms with Crippen LogP contribution >= 0.6 is 23.7 Å². The van der Waals surface area contributed by atoms with E-state index >= 15 is 0 Å². The molecule has 2 rings (SSSR count). The van der Waals surface area contributed by atoms with Gasteiger partial charge in [0.1, 0.15) is 0 Å². The Hall–Kier alpha value is -0.580. The van der Waals surface area contributed by atoms with Gasteiger partial charge in [0, 0.05) is 19.0 Å². The minimum absolute atomic E-state index is 0. The van der Waals surface area contributed by atoms with Crippen molar-refractivity contribution in [2.24, 2.45) is 5.92 Å². The zero-order valence-electron chi connectivity index (χ0n) is 10.9. The Morgan fingerprint density at radius 3 is 3.06 bits per heavy atom. The molecule has 5 heteroatoms. The Morgan fingerprint density at radius 1 is 1.67 bits per heavy atom. The van der Waals surface area contributed by atoms with Crippen LogP contribution in [0.1, 0.15) is 31.4 Å². The number of halogens is 1. The van der Waals surface area contributed by atoms with E-state index in [1.165, 1.54) is 5.56 Å². The lowest BCUT2D eigenvalue weighted by Crippen LogP contribution is -2.38. The minimum Gasteiger partial charge on any atom is -0.335 e. The molecule has 0 spiro atoms. The molecule has 1 aromatic heterocycles. The van der Waals surface area contributed by atoms with Gasteiger partial charge in [-0.15, -0.1) is 12.4 Å². The van der Waals surface area contributed by atoms with Crippen LogP contribution in [0.3, 0.4) is 0 Å². The van der Waals surface area contributed by atoms with Gasteiger partial charge < -0.3 is 10.2 Å². The lowest BCUT2D eigenvalue weighted by atomic mass is 10.1.